The zero-order chi connectivity index (χ0) is 20.2. The number of piperazine rings is 1. The number of nitrogens with zero attached hydrogens (tertiary/aromatic N) is 3. The molecule has 1 aromatic carbocycles. The summed E-state index contributed by atoms with van der Waals surface area (Å²) in [5.41, 5.74) is 0.339. The lowest BCUT2D eigenvalue weighted by Gasteiger charge is -2.27. The van der Waals surface area contributed by atoms with E-state index in [2.05, 4.69) is 25.8 Å². The van der Waals surface area contributed by atoms with Gasteiger partial charge in [-0.05, 0) is 30.7 Å². The molecule has 3 N–H and O–H groups in total. The minimum atomic E-state index is -1.03. The maximum Gasteiger partial charge on any atom is 0.378 e. The predicted molar refractivity (Wildman–Crippen MR) is 105 cm³/mol. The molecule has 9 nitrogen and oxygen atoms in total. The molecule has 0 bridgehead atoms. The van der Waals surface area contributed by atoms with Crippen molar-refractivity contribution in [3.8, 4) is 11.5 Å². The Morgan fingerprint density at radius 3 is 2.93 bits per heavy atom. The molecule has 0 aliphatic carbocycles. The van der Waals surface area contributed by atoms with Crippen LogP contribution in [-0.2, 0) is 11.2 Å². The summed E-state index contributed by atoms with van der Waals surface area (Å²) in [6, 6.07) is 5.25. The highest BCUT2D eigenvalue weighted by Crippen LogP contribution is 2.40. The van der Waals surface area contributed by atoms with Crippen molar-refractivity contribution in [3.05, 3.63) is 40.4 Å². The van der Waals surface area contributed by atoms with Gasteiger partial charge in [-0.2, -0.15) is 4.98 Å². The number of hydrogen-bond acceptors (Lipinski definition) is 7. The number of ether oxygens (including phenoxy) is 1. The average molecular weight is 402 g/mol. The number of nitrogens with one attached hydrogen (secondary N) is 3. The van der Waals surface area contributed by atoms with E-state index in [4.69, 9.17) is 4.74 Å². The van der Waals surface area contributed by atoms with Gasteiger partial charge in [0.15, 0.2) is 17.3 Å². The number of aromatic nitrogens is 2. The Bertz CT molecular complexity index is 957. The molecule has 3 heterocycles. The van der Waals surface area contributed by atoms with Crippen LogP contribution < -0.4 is 26.4 Å². The second-order valence-corrected chi connectivity index (χ2v) is 7.08. The van der Waals surface area contributed by atoms with Crippen LogP contribution >= 0.6 is 0 Å². The minimum Gasteiger partial charge on any atom is -0.450 e. The van der Waals surface area contributed by atoms with Gasteiger partial charge in [-0.25, -0.2) is 4.79 Å². The first kappa shape index (κ1) is 19.3. The van der Waals surface area contributed by atoms with E-state index < -0.39 is 5.69 Å². The van der Waals surface area contributed by atoms with Gasteiger partial charge >= 0.3 is 5.69 Å². The Balaban J connectivity index is 1.29. The third-order valence-corrected chi connectivity index (χ3v) is 4.92. The molecule has 0 atom stereocenters. The second kappa shape index (κ2) is 8.58. The average Bonchev–Trinajstić information content (AvgIpc) is 2.72. The number of halogens is 1. The van der Waals surface area contributed by atoms with Crippen molar-refractivity contribution in [1.29, 1.82) is 0 Å². The molecular formula is C19H23FN6O3. The molecule has 154 valence electrons. The van der Waals surface area contributed by atoms with Gasteiger partial charge in [-0.3, -0.25) is 4.79 Å². The monoisotopic (exact) mass is 402 g/mol. The van der Waals surface area contributed by atoms with Gasteiger partial charge in [0.1, 0.15) is 0 Å². The third-order valence-electron chi connectivity index (χ3n) is 4.92. The summed E-state index contributed by atoms with van der Waals surface area (Å²) in [5, 5.41) is 9.22. The van der Waals surface area contributed by atoms with Gasteiger partial charge < -0.3 is 25.6 Å². The molecule has 29 heavy (non-hydrogen) atoms. The van der Waals surface area contributed by atoms with Gasteiger partial charge in [-0.15, -0.1) is 4.79 Å². The molecule has 1 fully saturated rings. The maximum atomic E-state index is 13.3. The molecule has 10 heteroatoms. The Labute approximate surface area is 166 Å². The smallest absolute Gasteiger partial charge is 0.378 e. The van der Waals surface area contributed by atoms with E-state index >= 15 is 0 Å². The standard InChI is InChI=1S/C19H23FN6O3/c20-26-12-16-18(24-19(26)28)23-14-10-13(2-3-15(14)29-16)11-17(27)22-4-1-7-25-8-5-21-6-9-25/h2-3,10,12,21H,1,4-9,11H2,(H,22,27)(H,23,24,28). The first-order chi connectivity index (χ1) is 14.1. The number of amides is 1. The number of carbonyl (C=O) groups is 1. The quantitative estimate of drug-likeness (QED) is 0.524. The van der Waals surface area contributed by atoms with E-state index in [0.29, 0.717) is 18.0 Å². The molecule has 2 aliphatic heterocycles. The number of carbonyl (C=O) groups excluding carboxylic acids is 1. The van der Waals surface area contributed by atoms with Crippen molar-refractivity contribution in [2.75, 3.05) is 44.6 Å². The van der Waals surface area contributed by atoms with E-state index in [1.165, 1.54) is 0 Å². The summed E-state index contributed by atoms with van der Waals surface area (Å²) >= 11 is 0. The number of benzene rings is 1. The zero-order valence-electron chi connectivity index (χ0n) is 15.9. The number of anilines is 2. The molecule has 2 aromatic rings. The number of hydrogen-bond donors (Lipinski definition) is 3. The summed E-state index contributed by atoms with van der Waals surface area (Å²) in [5.74, 6) is 0.680. The van der Waals surface area contributed by atoms with E-state index in [1.54, 1.807) is 18.2 Å². The lowest BCUT2D eigenvalue weighted by atomic mass is 10.1. The minimum absolute atomic E-state index is 0.0548. The SMILES string of the molecule is O=C(Cc1ccc2c(c1)Nc1nc(=O)n(F)cc1O2)NCCCN1CCNCC1. The van der Waals surface area contributed by atoms with Crippen LogP contribution in [0.3, 0.4) is 0 Å². The summed E-state index contributed by atoms with van der Waals surface area (Å²) in [7, 11) is 0. The summed E-state index contributed by atoms with van der Waals surface area (Å²) < 4.78 is 18.9. The summed E-state index contributed by atoms with van der Waals surface area (Å²) in [4.78, 5) is 29.4. The molecule has 2 aliphatic rings. The van der Waals surface area contributed by atoms with Gasteiger partial charge in [0.05, 0.1) is 18.3 Å². The van der Waals surface area contributed by atoms with Crippen LogP contribution in [-0.4, -0.2) is 59.8 Å². The molecule has 4 rings (SSSR count). The van der Waals surface area contributed by atoms with Crippen molar-refractivity contribution >= 4 is 17.4 Å². The van der Waals surface area contributed by atoms with Crippen LogP contribution in [0.4, 0.5) is 16.0 Å². The van der Waals surface area contributed by atoms with Crippen LogP contribution in [0, 0.1) is 0 Å². The third kappa shape index (κ3) is 4.72. The van der Waals surface area contributed by atoms with E-state index in [1.807, 2.05) is 0 Å². The van der Waals surface area contributed by atoms with E-state index in [0.717, 1.165) is 50.9 Å². The predicted octanol–water partition coefficient (Wildman–Crippen LogP) is 0.779. The van der Waals surface area contributed by atoms with Crippen LogP contribution in [0.25, 0.3) is 0 Å². The Kier molecular flexibility index (Phi) is 5.72. The second-order valence-electron chi connectivity index (χ2n) is 7.08. The molecule has 1 aromatic heterocycles. The zero-order valence-corrected chi connectivity index (χ0v) is 15.9. The summed E-state index contributed by atoms with van der Waals surface area (Å²) in [6.45, 7) is 5.76. The van der Waals surface area contributed by atoms with Crippen molar-refractivity contribution in [2.24, 2.45) is 0 Å². The lowest BCUT2D eigenvalue weighted by molar-refractivity contribution is -0.120. The normalized spacial score (nSPS) is 15.6. The molecule has 1 amide bonds. The highest BCUT2D eigenvalue weighted by atomic mass is 19.2. The Morgan fingerprint density at radius 1 is 1.28 bits per heavy atom. The fourth-order valence-electron chi connectivity index (χ4n) is 3.41. The van der Waals surface area contributed by atoms with Gasteiger partial charge in [0, 0.05) is 32.7 Å². The fraction of sp³-hybridized carbons (Fsp3) is 0.421. The van der Waals surface area contributed by atoms with Crippen molar-refractivity contribution in [2.45, 2.75) is 12.8 Å². The van der Waals surface area contributed by atoms with E-state index in [-0.39, 0.29) is 28.7 Å². The molecular weight excluding hydrogens is 379 g/mol. The highest BCUT2D eigenvalue weighted by Gasteiger charge is 2.20. The Hall–Kier alpha value is -2.98. The van der Waals surface area contributed by atoms with Crippen LogP contribution in [0.2, 0.25) is 0 Å². The van der Waals surface area contributed by atoms with Crippen molar-refractivity contribution in [3.63, 3.8) is 0 Å². The molecule has 0 radical (unpaired) electrons. The van der Waals surface area contributed by atoms with Crippen LogP contribution in [0.1, 0.15) is 12.0 Å². The van der Waals surface area contributed by atoms with Crippen LogP contribution in [0.5, 0.6) is 11.5 Å². The Morgan fingerprint density at radius 2 is 2.10 bits per heavy atom. The molecule has 0 unspecified atom stereocenters. The highest BCUT2D eigenvalue weighted by molar-refractivity contribution is 5.80. The van der Waals surface area contributed by atoms with Crippen molar-refractivity contribution < 1.29 is 14.0 Å². The largest absolute Gasteiger partial charge is 0.450 e. The van der Waals surface area contributed by atoms with E-state index in [9.17, 15) is 14.1 Å². The van der Waals surface area contributed by atoms with Gasteiger partial charge in [0.25, 0.3) is 0 Å². The number of rotatable bonds is 6. The van der Waals surface area contributed by atoms with Gasteiger partial charge in [-0.1, -0.05) is 10.5 Å². The topological polar surface area (TPSA) is 101 Å². The fourth-order valence-corrected chi connectivity index (χ4v) is 3.41. The lowest BCUT2D eigenvalue weighted by Crippen LogP contribution is -2.44. The first-order valence-electron chi connectivity index (χ1n) is 9.66. The van der Waals surface area contributed by atoms with Gasteiger partial charge in [0.2, 0.25) is 5.91 Å². The summed E-state index contributed by atoms with van der Waals surface area (Å²) in [6.07, 6.45) is 2.08. The molecule has 0 spiro atoms. The maximum absolute atomic E-state index is 13.3. The first-order valence-corrected chi connectivity index (χ1v) is 9.66. The van der Waals surface area contributed by atoms with Crippen molar-refractivity contribution in [1.82, 2.24) is 25.3 Å². The molecule has 0 saturated carbocycles. The molecule has 1 saturated heterocycles. The van der Waals surface area contributed by atoms with Crippen LogP contribution in [0.15, 0.2) is 29.2 Å². The number of fused-ring (bicyclic) bond motifs is 2.